The smallest absolute Gasteiger partial charge is 0.254 e. The molecule has 1 aliphatic carbocycles. The molecule has 2 rings (SSSR count). The van der Waals surface area contributed by atoms with Gasteiger partial charge in [-0.3, -0.25) is 4.79 Å². The molecule has 0 heterocycles. The van der Waals surface area contributed by atoms with Crippen molar-refractivity contribution < 1.29 is 18.7 Å². The molecule has 1 saturated carbocycles. The first-order valence-electron chi connectivity index (χ1n) is 6.66. The topological polar surface area (TPSA) is 75.4 Å². The van der Waals surface area contributed by atoms with E-state index in [9.17, 15) is 18.7 Å². The van der Waals surface area contributed by atoms with Crippen molar-refractivity contribution in [3.8, 4) is 0 Å². The number of amides is 1. The maximum Gasteiger partial charge on any atom is 0.254 e. The van der Waals surface area contributed by atoms with E-state index in [1.165, 1.54) is 0 Å². The fourth-order valence-electron chi connectivity index (χ4n) is 2.47. The summed E-state index contributed by atoms with van der Waals surface area (Å²) in [5, 5.41) is 12.7. The Kier molecular flexibility index (Phi) is 4.23. The number of hydrogen-bond acceptors (Lipinski definition) is 3. The first-order chi connectivity index (χ1) is 9.41. The molecule has 0 aromatic heterocycles. The molecule has 6 heteroatoms. The van der Waals surface area contributed by atoms with Crippen LogP contribution in [-0.2, 0) is 0 Å². The van der Waals surface area contributed by atoms with Gasteiger partial charge in [0.2, 0.25) is 0 Å². The maximum absolute atomic E-state index is 13.5. The van der Waals surface area contributed by atoms with Crippen LogP contribution in [0.1, 0.15) is 42.5 Å². The van der Waals surface area contributed by atoms with E-state index < -0.39 is 23.1 Å². The van der Waals surface area contributed by atoms with Gasteiger partial charge in [0.25, 0.3) is 5.91 Å². The van der Waals surface area contributed by atoms with Crippen LogP contribution in [0.5, 0.6) is 0 Å². The SMILES string of the molecule is Nc1cc(C(=O)NCC2(O)CCCCC2)c(F)cc1F. The Balaban J connectivity index is 2.03. The van der Waals surface area contributed by atoms with Crippen LogP contribution in [0.3, 0.4) is 0 Å². The third-order valence-electron chi connectivity index (χ3n) is 3.69. The molecule has 0 bridgehead atoms. The molecule has 0 atom stereocenters. The molecule has 110 valence electrons. The number of halogens is 2. The molecule has 4 N–H and O–H groups in total. The highest BCUT2D eigenvalue weighted by atomic mass is 19.1. The molecule has 20 heavy (non-hydrogen) atoms. The van der Waals surface area contributed by atoms with Crippen LogP contribution in [-0.4, -0.2) is 23.2 Å². The number of carbonyl (C=O) groups is 1. The average molecular weight is 284 g/mol. The van der Waals surface area contributed by atoms with Crippen LogP contribution in [0.2, 0.25) is 0 Å². The summed E-state index contributed by atoms with van der Waals surface area (Å²) in [7, 11) is 0. The van der Waals surface area contributed by atoms with E-state index in [-0.39, 0.29) is 17.8 Å². The number of anilines is 1. The highest BCUT2D eigenvalue weighted by Crippen LogP contribution is 2.27. The number of rotatable bonds is 3. The first kappa shape index (κ1) is 14.7. The molecule has 0 unspecified atom stereocenters. The van der Waals surface area contributed by atoms with E-state index in [0.717, 1.165) is 25.3 Å². The largest absolute Gasteiger partial charge is 0.396 e. The van der Waals surface area contributed by atoms with Crippen LogP contribution < -0.4 is 11.1 Å². The third-order valence-corrected chi connectivity index (χ3v) is 3.69. The first-order valence-corrected chi connectivity index (χ1v) is 6.66. The van der Waals surface area contributed by atoms with Crippen LogP contribution in [0.25, 0.3) is 0 Å². The Hall–Kier alpha value is -1.69. The van der Waals surface area contributed by atoms with Gasteiger partial charge in [-0.05, 0) is 18.9 Å². The lowest BCUT2D eigenvalue weighted by atomic mass is 9.85. The van der Waals surface area contributed by atoms with Gasteiger partial charge in [-0.15, -0.1) is 0 Å². The van der Waals surface area contributed by atoms with E-state index in [0.29, 0.717) is 18.9 Å². The molecule has 0 aliphatic heterocycles. The second-order valence-electron chi connectivity index (χ2n) is 5.32. The van der Waals surface area contributed by atoms with Crippen LogP contribution >= 0.6 is 0 Å². The van der Waals surface area contributed by atoms with Gasteiger partial charge in [-0.25, -0.2) is 8.78 Å². The molecule has 1 fully saturated rings. The number of nitrogens with two attached hydrogens (primary N) is 1. The Morgan fingerprint density at radius 2 is 1.90 bits per heavy atom. The number of nitrogens with one attached hydrogen (secondary N) is 1. The van der Waals surface area contributed by atoms with E-state index >= 15 is 0 Å². The summed E-state index contributed by atoms with van der Waals surface area (Å²) < 4.78 is 26.5. The predicted octanol–water partition coefficient (Wildman–Crippen LogP) is 1.97. The van der Waals surface area contributed by atoms with Gasteiger partial charge < -0.3 is 16.2 Å². The maximum atomic E-state index is 13.5. The van der Waals surface area contributed by atoms with Crippen LogP contribution in [0.15, 0.2) is 12.1 Å². The standard InChI is InChI=1S/C14H18F2N2O2/c15-10-7-11(16)12(17)6-9(10)13(19)18-8-14(20)4-2-1-3-5-14/h6-7,20H,1-5,8,17H2,(H,18,19). The number of nitrogen functional groups attached to an aromatic ring is 1. The number of aliphatic hydroxyl groups is 1. The summed E-state index contributed by atoms with van der Waals surface area (Å²) in [6, 6.07) is 1.55. The minimum atomic E-state index is -0.968. The van der Waals surface area contributed by atoms with Gasteiger partial charge in [0, 0.05) is 12.6 Å². The van der Waals surface area contributed by atoms with Crippen molar-refractivity contribution >= 4 is 11.6 Å². The molecule has 1 aromatic carbocycles. The molecule has 0 saturated heterocycles. The zero-order valence-electron chi connectivity index (χ0n) is 11.1. The van der Waals surface area contributed by atoms with E-state index in [1.807, 2.05) is 0 Å². The highest BCUT2D eigenvalue weighted by Gasteiger charge is 2.30. The lowest BCUT2D eigenvalue weighted by Gasteiger charge is -2.32. The molecule has 1 amide bonds. The summed E-state index contributed by atoms with van der Waals surface area (Å²) in [5.74, 6) is -2.57. The van der Waals surface area contributed by atoms with Gasteiger partial charge in [0.15, 0.2) is 0 Å². The summed E-state index contributed by atoms with van der Waals surface area (Å²) in [6.45, 7) is 0.0581. The average Bonchev–Trinajstić information content (AvgIpc) is 2.41. The van der Waals surface area contributed by atoms with Crippen molar-refractivity contribution in [1.82, 2.24) is 5.32 Å². The highest BCUT2D eigenvalue weighted by molar-refractivity contribution is 5.95. The molecule has 4 nitrogen and oxygen atoms in total. The van der Waals surface area contributed by atoms with Gasteiger partial charge in [0.05, 0.1) is 16.9 Å². The van der Waals surface area contributed by atoms with Crippen molar-refractivity contribution in [2.75, 3.05) is 12.3 Å². The van der Waals surface area contributed by atoms with E-state index in [4.69, 9.17) is 5.73 Å². The van der Waals surface area contributed by atoms with Gasteiger partial charge in [0.1, 0.15) is 11.6 Å². The monoisotopic (exact) mass is 284 g/mol. The second kappa shape index (κ2) is 5.75. The fraction of sp³-hybridized carbons (Fsp3) is 0.500. The van der Waals surface area contributed by atoms with Crippen molar-refractivity contribution in [3.05, 3.63) is 29.3 Å². The Bertz CT molecular complexity index is 514. The number of benzene rings is 1. The van der Waals surface area contributed by atoms with Crippen LogP contribution in [0.4, 0.5) is 14.5 Å². The van der Waals surface area contributed by atoms with E-state index in [2.05, 4.69) is 5.32 Å². The Labute approximate surface area is 116 Å². The lowest BCUT2D eigenvalue weighted by molar-refractivity contribution is 0.00521. The van der Waals surface area contributed by atoms with Crippen molar-refractivity contribution in [1.29, 1.82) is 0 Å². The van der Waals surface area contributed by atoms with Gasteiger partial charge >= 0.3 is 0 Å². The predicted molar refractivity (Wildman–Crippen MR) is 71.1 cm³/mol. The van der Waals surface area contributed by atoms with Crippen molar-refractivity contribution in [2.45, 2.75) is 37.7 Å². The minimum Gasteiger partial charge on any atom is -0.396 e. The molecule has 1 aromatic rings. The summed E-state index contributed by atoms with van der Waals surface area (Å²) >= 11 is 0. The summed E-state index contributed by atoms with van der Waals surface area (Å²) in [6.07, 6.45) is 4.11. The van der Waals surface area contributed by atoms with Gasteiger partial charge in [-0.1, -0.05) is 19.3 Å². The van der Waals surface area contributed by atoms with Gasteiger partial charge in [-0.2, -0.15) is 0 Å². The molecular weight excluding hydrogens is 266 g/mol. The third kappa shape index (κ3) is 3.25. The molecule has 1 aliphatic rings. The molecule has 0 radical (unpaired) electrons. The quantitative estimate of drug-likeness (QED) is 0.743. The molecular formula is C14H18F2N2O2. The zero-order chi connectivity index (χ0) is 14.8. The van der Waals surface area contributed by atoms with Crippen molar-refractivity contribution in [2.24, 2.45) is 0 Å². The zero-order valence-corrected chi connectivity index (χ0v) is 11.1. The number of carbonyl (C=O) groups excluding carboxylic acids is 1. The fourth-order valence-corrected chi connectivity index (χ4v) is 2.47. The van der Waals surface area contributed by atoms with E-state index in [1.54, 1.807) is 0 Å². The minimum absolute atomic E-state index is 0.0581. The normalized spacial score (nSPS) is 17.8. The number of hydrogen-bond donors (Lipinski definition) is 3. The van der Waals surface area contributed by atoms with Crippen LogP contribution in [0, 0.1) is 11.6 Å². The molecule has 0 spiro atoms. The Morgan fingerprint density at radius 3 is 2.55 bits per heavy atom. The summed E-state index contributed by atoms with van der Waals surface area (Å²) in [5.41, 5.74) is 3.79. The summed E-state index contributed by atoms with van der Waals surface area (Å²) in [4.78, 5) is 11.9. The lowest BCUT2D eigenvalue weighted by Crippen LogP contribution is -2.44. The Morgan fingerprint density at radius 1 is 1.25 bits per heavy atom. The second-order valence-corrected chi connectivity index (χ2v) is 5.32. The van der Waals surface area contributed by atoms with Crippen molar-refractivity contribution in [3.63, 3.8) is 0 Å².